The van der Waals surface area contributed by atoms with Gasteiger partial charge in [0.15, 0.2) is 0 Å². The van der Waals surface area contributed by atoms with Gasteiger partial charge in [-0.2, -0.15) is 0 Å². The number of anilines is 1. The molecule has 0 spiro atoms. The zero-order valence-corrected chi connectivity index (χ0v) is 17.1. The molecule has 2 amide bonds. The van der Waals surface area contributed by atoms with Crippen molar-refractivity contribution in [3.8, 4) is 0 Å². The second kappa shape index (κ2) is 7.39. The van der Waals surface area contributed by atoms with E-state index in [-0.39, 0.29) is 17.3 Å². The Bertz CT molecular complexity index is 983. The number of rotatable bonds is 5. The van der Waals surface area contributed by atoms with Crippen LogP contribution in [0.2, 0.25) is 0 Å². The van der Waals surface area contributed by atoms with E-state index in [1.54, 1.807) is 30.9 Å². The molecule has 0 aromatic heterocycles. The van der Waals surface area contributed by atoms with E-state index in [4.69, 9.17) is 0 Å². The van der Waals surface area contributed by atoms with Gasteiger partial charge < -0.3 is 4.90 Å². The van der Waals surface area contributed by atoms with E-state index in [0.29, 0.717) is 18.7 Å². The van der Waals surface area contributed by atoms with Crippen molar-refractivity contribution in [3.05, 3.63) is 65.7 Å². The average molecular weight is 401 g/mol. The standard InChI is InChI=1S/C21H24N2O4S/c1-4-22(14-16-8-6-5-7-9-16)19(24)17-10-12-18(13-11-17)23-20(25)21(2,3)15-28(23,26)27/h5-13H,4,14-15H2,1-3H3. The van der Waals surface area contributed by atoms with Crippen LogP contribution in [0.1, 0.15) is 36.7 Å². The molecule has 0 N–H and O–H groups in total. The van der Waals surface area contributed by atoms with Gasteiger partial charge in [-0.1, -0.05) is 30.3 Å². The first kappa shape index (κ1) is 20.1. The van der Waals surface area contributed by atoms with Crippen molar-refractivity contribution in [2.45, 2.75) is 27.3 Å². The second-order valence-corrected chi connectivity index (χ2v) is 9.38. The lowest BCUT2D eigenvalue weighted by atomic mass is 9.95. The van der Waals surface area contributed by atoms with Crippen LogP contribution in [0.3, 0.4) is 0 Å². The molecule has 0 atom stereocenters. The summed E-state index contributed by atoms with van der Waals surface area (Å²) in [5.41, 5.74) is 0.788. The summed E-state index contributed by atoms with van der Waals surface area (Å²) >= 11 is 0. The number of nitrogens with zero attached hydrogens (tertiary/aromatic N) is 2. The van der Waals surface area contributed by atoms with Gasteiger partial charge in [0.25, 0.3) is 5.91 Å². The first-order valence-electron chi connectivity index (χ1n) is 9.16. The first-order valence-corrected chi connectivity index (χ1v) is 10.8. The maximum Gasteiger partial charge on any atom is 0.254 e. The Morgan fingerprint density at radius 1 is 1.07 bits per heavy atom. The SMILES string of the molecule is CCN(Cc1ccccc1)C(=O)c1ccc(N2C(=O)C(C)(C)CS2(=O)=O)cc1. The molecule has 7 heteroatoms. The van der Waals surface area contributed by atoms with Crippen LogP contribution in [0.4, 0.5) is 5.69 Å². The Morgan fingerprint density at radius 3 is 2.18 bits per heavy atom. The summed E-state index contributed by atoms with van der Waals surface area (Å²) in [5, 5.41) is 0. The summed E-state index contributed by atoms with van der Waals surface area (Å²) in [6.45, 7) is 6.18. The largest absolute Gasteiger partial charge is 0.335 e. The van der Waals surface area contributed by atoms with Gasteiger partial charge in [0, 0.05) is 18.7 Å². The zero-order chi connectivity index (χ0) is 20.5. The number of carbonyl (C=O) groups excluding carboxylic acids is 2. The number of hydrogen-bond donors (Lipinski definition) is 0. The third-order valence-corrected chi connectivity index (χ3v) is 6.84. The van der Waals surface area contributed by atoms with E-state index in [0.717, 1.165) is 9.87 Å². The molecule has 0 unspecified atom stereocenters. The molecule has 1 aliphatic heterocycles. The van der Waals surface area contributed by atoms with Crippen LogP contribution in [0, 0.1) is 5.41 Å². The van der Waals surface area contributed by atoms with E-state index in [1.807, 2.05) is 37.3 Å². The van der Waals surface area contributed by atoms with Crippen LogP contribution in [0.15, 0.2) is 54.6 Å². The van der Waals surface area contributed by atoms with Gasteiger partial charge in [0.1, 0.15) is 0 Å². The van der Waals surface area contributed by atoms with Crippen molar-refractivity contribution < 1.29 is 18.0 Å². The van der Waals surface area contributed by atoms with Crippen molar-refractivity contribution in [3.63, 3.8) is 0 Å². The Labute approximate surface area is 165 Å². The normalized spacial score (nSPS) is 17.5. The molecule has 1 aliphatic rings. The second-order valence-electron chi connectivity index (χ2n) is 7.56. The van der Waals surface area contributed by atoms with Crippen LogP contribution in [0.25, 0.3) is 0 Å². The predicted molar refractivity (Wildman–Crippen MR) is 108 cm³/mol. The van der Waals surface area contributed by atoms with Gasteiger partial charge in [-0.15, -0.1) is 0 Å². The van der Waals surface area contributed by atoms with Gasteiger partial charge in [-0.05, 0) is 50.6 Å². The molecule has 0 aliphatic carbocycles. The number of sulfonamides is 1. The molecule has 3 rings (SSSR count). The Morgan fingerprint density at radius 2 is 1.68 bits per heavy atom. The minimum Gasteiger partial charge on any atom is -0.335 e. The minimum absolute atomic E-state index is 0.145. The van der Waals surface area contributed by atoms with E-state index in [1.165, 1.54) is 12.1 Å². The molecule has 6 nitrogen and oxygen atoms in total. The Kier molecular flexibility index (Phi) is 5.30. The summed E-state index contributed by atoms with van der Waals surface area (Å²) in [6.07, 6.45) is 0. The van der Waals surface area contributed by atoms with Crippen LogP contribution in [0.5, 0.6) is 0 Å². The molecule has 1 heterocycles. The number of amides is 2. The lowest BCUT2D eigenvalue weighted by Crippen LogP contribution is -2.33. The van der Waals surface area contributed by atoms with Gasteiger partial charge in [0.2, 0.25) is 15.9 Å². The predicted octanol–water partition coefficient (Wildman–Crippen LogP) is 3.05. The zero-order valence-electron chi connectivity index (χ0n) is 16.3. The molecule has 1 saturated heterocycles. The summed E-state index contributed by atoms with van der Waals surface area (Å²) in [6, 6.07) is 15.9. The monoisotopic (exact) mass is 400 g/mol. The fourth-order valence-corrected chi connectivity index (χ4v) is 5.42. The number of hydrogen-bond acceptors (Lipinski definition) is 4. The molecular formula is C21H24N2O4S. The van der Waals surface area contributed by atoms with Gasteiger partial charge in [-0.3, -0.25) is 9.59 Å². The molecule has 2 aromatic carbocycles. The minimum atomic E-state index is -3.70. The third kappa shape index (κ3) is 3.80. The molecule has 148 valence electrons. The van der Waals surface area contributed by atoms with Crippen LogP contribution in [-0.2, 0) is 21.4 Å². The fourth-order valence-electron chi connectivity index (χ4n) is 3.31. The molecule has 2 aromatic rings. The Balaban J connectivity index is 1.82. The highest BCUT2D eigenvalue weighted by molar-refractivity contribution is 7.94. The smallest absolute Gasteiger partial charge is 0.254 e. The van der Waals surface area contributed by atoms with E-state index < -0.39 is 21.3 Å². The van der Waals surface area contributed by atoms with Crippen molar-refractivity contribution in [2.75, 3.05) is 16.6 Å². The van der Waals surface area contributed by atoms with Gasteiger partial charge in [0.05, 0.1) is 16.9 Å². The lowest BCUT2D eigenvalue weighted by Gasteiger charge is -2.22. The van der Waals surface area contributed by atoms with Crippen LogP contribution < -0.4 is 4.31 Å². The van der Waals surface area contributed by atoms with Crippen molar-refractivity contribution >= 4 is 27.5 Å². The maximum atomic E-state index is 12.8. The number of benzene rings is 2. The average Bonchev–Trinajstić information content (AvgIpc) is 2.82. The van der Waals surface area contributed by atoms with Crippen molar-refractivity contribution in [1.29, 1.82) is 0 Å². The Hall–Kier alpha value is -2.67. The number of carbonyl (C=O) groups is 2. The third-order valence-electron chi connectivity index (χ3n) is 4.82. The molecular weight excluding hydrogens is 376 g/mol. The van der Waals surface area contributed by atoms with E-state index in [9.17, 15) is 18.0 Å². The molecule has 0 saturated carbocycles. The van der Waals surface area contributed by atoms with Crippen molar-refractivity contribution in [1.82, 2.24) is 4.90 Å². The van der Waals surface area contributed by atoms with Gasteiger partial charge >= 0.3 is 0 Å². The van der Waals surface area contributed by atoms with E-state index >= 15 is 0 Å². The van der Waals surface area contributed by atoms with E-state index in [2.05, 4.69) is 0 Å². The maximum absolute atomic E-state index is 12.8. The summed E-state index contributed by atoms with van der Waals surface area (Å²) in [7, 11) is -3.70. The highest BCUT2D eigenvalue weighted by atomic mass is 32.2. The van der Waals surface area contributed by atoms with Crippen LogP contribution in [-0.4, -0.2) is 37.4 Å². The molecule has 0 radical (unpaired) electrons. The quantitative estimate of drug-likeness (QED) is 0.773. The molecule has 1 fully saturated rings. The molecule has 0 bridgehead atoms. The summed E-state index contributed by atoms with van der Waals surface area (Å²) in [4.78, 5) is 27.0. The molecule has 28 heavy (non-hydrogen) atoms. The summed E-state index contributed by atoms with van der Waals surface area (Å²) < 4.78 is 25.6. The fraction of sp³-hybridized carbons (Fsp3) is 0.333. The van der Waals surface area contributed by atoms with Crippen molar-refractivity contribution in [2.24, 2.45) is 5.41 Å². The summed E-state index contributed by atoms with van der Waals surface area (Å²) in [5.74, 6) is -0.820. The topological polar surface area (TPSA) is 74.8 Å². The van der Waals surface area contributed by atoms with Crippen LogP contribution >= 0.6 is 0 Å². The first-order chi connectivity index (χ1) is 13.2. The lowest BCUT2D eigenvalue weighted by molar-refractivity contribution is -0.123. The van der Waals surface area contributed by atoms with Gasteiger partial charge in [-0.25, -0.2) is 12.7 Å². The highest BCUT2D eigenvalue weighted by Gasteiger charge is 2.49. The highest BCUT2D eigenvalue weighted by Crippen LogP contribution is 2.35.